The van der Waals surface area contributed by atoms with Crippen molar-refractivity contribution in [2.24, 2.45) is 0 Å². The van der Waals surface area contributed by atoms with Crippen LogP contribution in [0.4, 0.5) is 0 Å². The minimum absolute atomic E-state index is 0.270. The standard InChI is InChI=1S/C15H19NO4S/c1-10(20-11-5-7-12(21-2)8-6-11)14(17)16-9-3-4-13(16)15(18)19/h5-8,10,13H,3-4,9H2,1-2H3,(H,18,19)/t10?,13-/m1/s1. The van der Waals surface area contributed by atoms with Crippen LogP contribution < -0.4 is 4.74 Å². The first-order valence-electron chi connectivity index (χ1n) is 6.87. The number of benzene rings is 1. The van der Waals surface area contributed by atoms with E-state index in [4.69, 9.17) is 9.84 Å². The summed E-state index contributed by atoms with van der Waals surface area (Å²) in [5.74, 6) is -0.606. The van der Waals surface area contributed by atoms with E-state index in [1.54, 1.807) is 18.7 Å². The third-order valence-corrected chi connectivity index (χ3v) is 4.28. The lowest BCUT2D eigenvalue weighted by atomic mass is 10.2. The van der Waals surface area contributed by atoms with Crippen molar-refractivity contribution in [3.63, 3.8) is 0 Å². The number of aliphatic carboxylic acids is 1. The molecular formula is C15H19NO4S. The number of rotatable bonds is 5. The summed E-state index contributed by atoms with van der Waals surface area (Å²) in [7, 11) is 0. The molecule has 1 heterocycles. The molecule has 21 heavy (non-hydrogen) atoms. The van der Waals surface area contributed by atoms with E-state index in [-0.39, 0.29) is 5.91 Å². The van der Waals surface area contributed by atoms with Gasteiger partial charge in [0, 0.05) is 11.4 Å². The van der Waals surface area contributed by atoms with Gasteiger partial charge in [-0.25, -0.2) is 4.79 Å². The Morgan fingerprint density at radius 3 is 2.62 bits per heavy atom. The van der Waals surface area contributed by atoms with Crippen LogP contribution in [-0.2, 0) is 9.59 Å². The van der Waals surface area contributed by atoms with Gasteiger partial charge in [0.2, 0.25) is 0 Å². The SMILES string of the molecule is CSc1ccc(OC(C)C(=O)N2CCC[C@@H]2C(=O)O)cc1. The highest BCUT2D eigenvalue weighted by Crippen LogP contribution is 2.22. The van der Waals surface area contributed by atoms with Crippen LogP contribution in [-0.4, -0.2) is 46.8 Å². The molecule has 1 N–H and O–H groups in total. The number of ether oxygens (including phenoxy) is 1. The Morgan fingerprint density at radius 2 is 2.05 bits per heavy atom. The maximum atomic E-state index is 12.3. The summed E-state index contributed by atoms with van der Waals surface area (Å²) < 4.78 is 5.62. The molecule has 0 aromatic heterocycles. The van der Waals surface area contributed by atoms with Crippen LogP contribution in [0.5, 0.6) is 5.75 Å². The first-order valence-corrected chi connectivity index (χ1v) is 8.09. The zero-order valence-corrected chi connectivity index (χ0v) is 12.9. The van der Waals surface area contributed by atoms with E-state index in [1.165, 1.54) is 4.90 Å². The molecule has 6 heteroatoms. The molecule has 1 aliphatic heterocycles. The van der Waals surface area contributed by atoms with Gasteiger partial charge < -0.3 is 14.7 Å². The molecule has 114 valence electrons. The topological polar surface area (TPSA) is 66.8 Å². The number of nitrogens with zero attached hydrogens (tertiary/aromatic N) is 1. The molecule has 1 aromatic rings. The molecule has 1 aliphatic rings. The predicted molar refractivity (Wildman–Crippen MR) is 80.7 cm³/mol. The normalized spacial score (nSPS) is 19.3. The van der Waals surface area contributed by atoms with Gasteiger partial charge in [-0.15, -0.1) is 11.8 Å². The van der Waals surface area contributed by atoms with E-state index in [0.29, 0.717) is 18.7 Å². The van der Waals surface area contributed by atoms with Crippen LogP contribution in [0.3, 0.4) is 0 Å². The van der Waals surface area contributed by atoms with Crippen LogP contribution in [0.1, 0.15) is 19.8 Å². The van der Waals surface area contributed by atoms with Crippen LogP contribution in [0.2, 0.25) is 0 Å². The highest BCUT2D eigenvalue weighted by molar-refractivity contribution is 7.98. The largest absolute Gasteiger partial charge is 0.481 e. The molecule has 1 fully saturated rings. The lowest BCUT2D eigenvalue weighted by molar-refractivity contribution is -0.150. The van der Waals surface area contributed by atoms with Crippen molar-refractivity contribution in [2.75, 3.05) is 12.8 Å². The van der Waals surface area contributed by atoms with Crippen molar-refractivity contribution < 1.29 is 19.4 Å². The number of hydrogen-bond acceptors (Lipinski definition) is 4. The van der Waals surface area contributed by atoms with Gasteiger partial charge in [-0.2, -0.15) is 0 Å². The van der Waals surface area contributed by atoms with Gasteiger partial charge in [-0.3, -0.25) is 4.79 Å². The van der Waals surface area contributed by atoms with Crippen LogP contribution in [0.15, 0.2) is 29.2 Å². The number of carbonyl (C=O) groups is 2. The smallest absolute Gasteiger partial charge is 0.326 e. The molecule has 1 aromatic carbocycles. The Hall–Kier alpha value is -1.69. The third-order valence-electron chi connectivity index (χ3n) is 3.54. The first kappa shape index (κ1) is 15.7. The summed E-state index contributed by atoms with van der Waals surface area (Å²) >= 11 is 1.63. The van der Waals surface area contributed by atoms with Crippen LogP contribution >= 0.6 is 11.8 Å². The Bertz CT molecular complexity index is 517. The fourth-order valence-electron chi connectivity index (χ4n) is 2.43. The summed E-state index contributed by atoms with van der Waals surface area (Å²) in [6.45, 7) is 2.14. The molecule has 1 amide bonds. The fourth-order valence-corrected chi connectivity index (χ4v) is 2.84. The minimum Gasteiger partial charge on any atom is -0.481 e. The third kappa shape index (κ3) is 3.69. The van der Waals surface area contributed by atoms with Crippen molar-refractivity contribution in [2.45, 2.75) is 36.8 Å². The van der Waals surface area contributed by atoms with Gasteiger partial charge in [-0.05, 0) is 50.3 Å². The first-order chi connectivity index (χ1) is 10.0. The van der Waals surface area contributed by atoms with E-state index in [2.05, 4.69) is 0 Å². The Balaban J connectivity index is 2.00. The van der Waals surface area contributed by atoms with E-state index in [0.717, 1.165) is 11.3 Å². The lowest BCUT2D eigenvalue weighted by Gasteiger charge is -2.25. The Labute approximate surface area is 128 Å². The number of carboxylic acids is 1. The van der Waals surface area contributed by atoms with E-state index < -0.39 is 18.1 Å². The molecule has 0 radical (unpaired) electrons. The maximum Gasteiger partial charge on any atom is 0.326 e. The molecule has 1 saturated heterocycles. The van der Waals surface area contributed by atoms with E-state index in [9.17, 15) is 9.59 Å². The molecule has 1 unspecified atom stereocenters. The molecule has 0 spiro atoms. The molecule has 2 atom stereocenters. The maximum absolute atomic E-state index is 12.3. The van der Waals surface area contributed by atoms with E-state index in [1.807, 2.05) is 30.5 Å². The summed E-state index contributed by atoms with van der Waals surface area (Å²) in [6.07, 6.45) is 2.53. The second-order valence-corrected chi connectivity index (χ2v) is 5.84. The summed E-state index contributed by atoms with van der Waals surface area (Å²) in [6, 6.07) is 6.75. The molecular weight excluding hydrogens is 290 g/mol. The summed E-state index contributed by atoms with van der Waals surface area (Å²) in [5, 5.41) is 9.12. The number of hydrogen-bond donors (Lipinski definition) is 1. The number of likely N-dealkylation sites (tertiary alicyclic amines) is 1. The van der Waals surface area contributed by atoms with Crippen molar-refractivity contribution in [1.82, 2.24) is 4.90 Å². The second kappa shape index (κ2) is 6.85. The van der Waals surface area contributed by atoms with Gasteiger partial charge in [-0.1, -0.05) is 0 Å². The van der Waals surface area contributed by atoms with Crippen LogP contribution in [0, 0.1) is 0 Å². The van der Waals surface area contributed by atoms with Crippen LogP contribution in [0.25, 0.3) is 0 Å². The molecule has 0 saturated carbocycles. The molecule has 0 aliphatic carbocycles. The average molecular weight is 309 g/mol. The monoisotopic (exact) mass is 309 g/mol. The Morgan fingerprint density at radius 1 is 1.38 bits per heavy atom. The fraction of sp³-hybridized carbons (Fsp3) is 0.467. The van der Waals surface area contributed by atoms with Crippen molar-refractivity contribution in [3.05, 3.63) is 24.3 Å². The number of thioether (sulfide) groups is 1. The predicted octanol–water partition coefficient (Wildman–Crippen LogP) is 2.25. The van der Waals surface area contributed by atoms with Crippen molar-refractivity contribution in [3.8, 4) is 5.75 Å². The quantitative estimate of drug-likeness (QED) is 0.845. The summed E-state index contributed by atoms with van der Waals surface area (Å²) in [5.41, 5.74) is 0. The summed E-state index contributed by atoms with van der Waals surface area (Å²) in [4.78, 5) is 26.0. The number of amides is 1. The Kier molecular flexibility index (Phi) is 5.12. The molecule has 5 nitrogen and oxygen atoms in total. The minimum atomic E-state index is -0.947. The molecule has 2 rings (SSSR count). The van der Waals surface area contributed by atoms with Gasteiger partial charge in [0.05, 0.1) is 0 Å². The van der Waals surface area contributed by atoms with Crippen molar-refractivity contribution >= 4 is 23.6 Å². The van der Waals surface area contributed by atoms with Gasteiger partial charge >= 0.3 is 5.97 Å². The van der Waals surface area contributed by atoms with E-state index >= 15 is 0 Å². The van der Waals surface area contributed by atoms with Gasteiger partial charge in [0.15, 0.2) is 6.10 Å². The zero-order chi connectivity index (χ0) is 15.4. The highest BCUT2D eigenvalue weighted by atomic mass is 32.2. The lowest BCUT2D eigenvalue weighted by Crippen LogP contribution is -2.46. The second-order valence-electron chi connectivity index (χ2n) is 4.96. The highest BCUT2D eigenvalue weighted by Gasteiger charge is 2.36. The number of carboxylic acid groups (broad SMARTS) is 1. The number of carbonyl (C=O) groups excluding carboxylic acids is 1. The van der Waals surface area contributed by atoms with Gasteiger partial charge in [0.25, 0.3) is 5.91 Å². The zero-order valence-electron chi connectivity index (χ0n) is 12.1. The molecule has 0 bridgehead atoms. The van der Waals surface area contributed by atoms with Crippen molar-refractivity contribution in [1.29, 1.82) is 0 Å². The average Bonchev–Trinajstić information content (AvgIpc) is 2.96. The van der Waals surface area contributed by atoms with Gasteiger partial charge in [0.1, 0.15) is 11.8 Å².